The first-order valence-corrected chi connectivity index (χ1v) is 17.7. The molecule has 0 bridgehead atoms. The van der Waals surface area contributed by atoms with Crippen molar-refractivity contribution in [3.63, 3.8) is 0 Å². The molecular formula is C35H28Cl2N2O9S2. The van der Waals surface area contributed by atoms with Crippen LogP contribution >= 0.6 is 34.5 Å². The number of sulfonamides is 1. The van der Waals surface area contributed by atoms with Crippen molar-refractivity contribution in [3.05, 3.63) is 122 Å². The van der Waals surface area contributed by atoms with Crippen LogP contribution in [-0.4, -0.2) is 51.9 Å². The van der Waals surface area contributed by atoms with Crippen LogP contribution in [0.5, 0.6) is 23.0 Å². The fourth-order valence-electron chi connectivity index (χ4n) is 4.70. The number of carbonyl (C=O) groups is 3. The molecule has 0 aliphatic heterocycles. The summed E-state index contributed by atoms with van der Waals surface area (Å²) in [5.74, 6) is -0.981. The number of ketones is 1. The van der Waals surface area contributed by atoms with Gasteiger partial charge in [-0.3, -0.25) is 13.9 Å². The maximum absolute atomic E-state index is 13.8. The Hall–Kier alpha value is -5.08. The smallest absolute Gasteiger partial charge is 0.343 e. The summed E-state index contributed by atoms with van der Waals surface area (Å²) in [6, 6.07) is 21.5. The van der Waals surface area contributed by atoms with Crippen LogP contribution in [0.2, 0.25) is 9.36 Å². The van der Waals surface area contributed by atoms with E-state index >= 15 is 0 Å². The first kappa shape index (κ1) is 36.2. The molecule has 0 saturated carbocycles. The van der Waals surface area contributed by atoms with Gasteiger partial charge in [0, 0.05) is 35.0 Å². The van der Waals surface area contributed by atoms with Gasteiger partial charge in [0.05, 0.1) is 29.3 Å². The number of rotatable bonds is 12. The highest BCUT2D eigenvalue weighted by Crippen LogP contribution is 2.37. The maximum Gasteiger partial charge on any atom is 0.343 e. The number of thiophene rings is 1. The molecular weight excluding hydrogens is 727 g/mol. The Kier molecular flexibility index (Phi) is 11.0. The number of phenolic OH excluding ortho intramolecular Hbond substituents is 1. The van der Waals surface area contributed by atoms with Crippen molar-refractivity contribution < 1.29 is 42.1 Å². The molecule has 15 heteroatoms. The third-order valence-electron chi connectivity index (χ3n) is 7.17. The van der Waals surface area contributed by atoms with E-state index in [0.717, 1.165) is 15.6 Å². The molecule has 0 fully saturated rings. The Morgan fingerprint density at radius 3 is 2.16 bits per heavy atom. The molecule has 5 rings (SSSR count). The standard InChI is InChI=1S/C35H28Cl2N2O9S2/c1-4-47-28-14-9-25(18-29(28)46-3)39(2)50(44,45)30-19-31(37)49-33(30)34(42)38-24-16-22(15-23(36)17-24)35(43)48-27-12-7-21(8-13-27)32(41)20-5-10-26(40)11-6-20/h5-19,40H,4H2,1-3H3,(H,38,42). The van der Waals surface area contributed by atoms with Crippen molar-refractivity contribution in [2.45, 2.75) is 11.8 Å². The summed E-state index contributed by atoms with van der Waals surface area (Å²) in [6.07, 6.45) is 0. The molecule has 50 heavy (non-hydrogen) atoms. The van der Waals surface area contributed by atoms with Gasteiger partial charge in [-0.15, -0.1) is 11.3 Å². The Labute approximate surface area is 301 Å². The zero-order valence-electron chi connectivity index (χ0n) is 26.6. The van der Waals surface area contributed by atoms with Crippen LogP contribution in [0.15, 0.2) is 95.9 Å². The van der Waals surface area contributed by atoms with Gasteiger partial charge < -0.3 is 24.6 Å². The van der Waals surface area contributed by atoms with Gasteiger partial charge in [-0.2, -0.15) is 0 Å². The number of carbonyl (C=O) groups excluding carboxylic acids is 3. The summed E-state index contributed by atoms with van der Waals surface area (Å²) >= 11 is 13.2. The first-order valence-electron chi connectivity index (χ1n) is 14.7. The van der Waals surface area contributed by atoms with Crippen LogP contribution in [0, 0.1) is 0 Å². The van der Waals surface area contributed by atoms with E-state index in [1.54, 1.807) is 13.0 Å². The largest absolute Gasteiger partial charge is 0.508 e. The van der Waals surface area contributed by atoms with Gasteiger partial charge in [0.25, 0.3) is 15.9 Å². The summed E-state index contributed by atoms with van der Waals surface area (Å²) in [6.45, 7) is 2.19. The number of phenols is 1. The van der Waals surface area contributed by atoms with Gasteiger partial charge in [0.1, 0.15) is 21.3 Å². The molecule has 1 amide bonds. The molecule has 11 nitrogen and oxygen atoms in total. The predicted octanol–water partition coefficient (Wildman–Crippen LogP) is 7.70. The second-order valence-electron chi connectivity index (χ2n) is 10.5. The number of aromatic hydroxyl groups is 1. The lowest BCUT2D eigenvalue weighted by molar-refractivity contribution is 0.0734. The van der Waals surface area contributed by atoms with Crippen molar-refractivity contribution in [2.24, 2.45) is 0 Å². The molecule has 258 valence electrons. The molecule has 0 spiro atoms. The van der Waals surface area contributed by atoms with Gasteiger partial charge in [0.15, 0.2) is 17.3 Å². The van der Waals surface area contributed by atoms with Crippen molar-refractivity contribution >= 4 is 73.6 Å². The average Bonchev–Trinajstić information content (AvgIpc) is 3.51. The highest BCUT2D eigenvalue weighted by atomic mass is 35.5. The molecule has 0 aliphatic rings. The van der Waals surface area contributed by atoms with Gasteiger partial charge in [-0.25, -0.2) is 13.2 Å². The number of anilines is 2. The monoisotopic (exact) mass is 754 g/mol. The number of esters is 1. The average molecular weight is 756 g/mol. The second-order valence-corrected chi connectivity index (χ2v) is 14.5. The van der Waals surface area contributed by atoms with E-state index in [1.165, 1.54) is 99.1 Å². The molecule has 0 atom stereocenters. The molecule has 1 aromatic heterocycles. The summed E-state index contributed by atoms with van der Waals surface area (Å²) in [5, 5.41) is 12.1. The quantitative estimate of drug-likeness (QED) is 0.0743. The topological polar surface area (TPSA) is 149 Å². The minimum Gasteiger partial charge on any atom is -0.508 e. The lowest BCUT2D eigenvalue weighted by atomic mass is 10.0. The third kappa shape index (κ3) is 8.03. The lowest BCUT2D eigenvalue weighted by Crippen LogP contribution is -2.28. The van der Waals surface area contributed by atoms with E-state index in [4.69, 9.17) is 37.4 Å². The van der Waals surface area contributed by atoms with Crippen LogP contribution in [0.4, 0.5) is 11.4 Å². The Balaban J connectivity index is 1.32. The molecule has 0 unspecified atom stereocenters. The summed E-state index contributed by atoms with van der Waals surface area (Å²) < 4.78 is 44.9. The van der Waals surface area contributed by atoms with Gasteiger partial charge in [-0.1, -0.05) is 23.2 Å². The summed E-state index contributed by atoms with van der Waals surface area (Å²) in [5.41, 5.74) is 1.02. The van der Waals surface area contributed by atoms with Crippen LogP contribution in [0.3, 0.4) is 0 Å². The van der Waals surface area contributed by atoms with Crippen molar-refractivity contribution in [1.29, 1.82) is 0 Å². The second kappa shape index (κ2) is 15.2. The van der Waals surface area contributed by atoms with E-state index in [9.17, 15) is 27.9 Å². The lowest BCUT2D eigenvalue weighted by Gasteiger charge is -2.21. The number of nitrogens with zero attached hydrogens (tertiary/aromatic N) is 1. The number of methoxy groups -OCH3 is 1. The van der Waals surface area contributed by atoms with Crippen molar-refractivity contribution in [3.8, 4) is 23.0 Å². The fraction of sp³-hybridized carbons (Fsp3) is 0.114. The number of benzene rings is 4. The highest BCUT2D eigenvalue weighted by Gasteiger charge is 2.31. The van der Waals surface area contributed by atoms with E-state index in [2.05, 4.69) is 5.32 Å². The Morgan fingerprint density at radius 1 is 0.860 bits per heavy atom. The molecule has 0 saturated heterocycles. The van der Waals surface area contributed by atoms with E-state index < -0.39 is 21.9 Å². The summed E-state index contributed by atoms with van der Waals surface area (Å²) in [7, 11) is -1.55. The van der Waals surface area contributed by atoms with Gasteiger partial charge in [0.2, 0.25) is 0 Å². The van der Waals surface area contributed by atoms with Crippen LogP contribution in [-0.2, 0) is 10.0 Å². The van der Waals surface area contributed by atoms with Crippen LogP contribution < -0.4 is 23.8 Å². The summed E-state index contributed by atoms with van der Waals surface area (Å²) in [4.78, 5) is 38.7. The van der Waals surface area contributed by atoms with E-state index in [-0.39, 0.29) is 53.4 Å². The fourth-order valence-corrected chi connectivity index (χ4v) is 7.81. The number of nitrogens with one attached hydrogen (secondary N) is 1. The SMILES string of the molecule is CCOc1ccc(N(C)S(=O)(=O)c2cc(Cl)sc2C(=O)Nc2cc(Cl)cc(C(=O)Oc3ccc(C(=O)c4ccc(O)cc4)cc3)c2)cc1OC. The molecule has 5 aromatic rings. The number of amides is 1. The zero-order valence-corrected chi connectivity index (χ0v) is 29.7. The molecule has 0 aliphatic carbocycles. The highest BCUT2D eigenvalue weighted by molar-refractivity contribution is 7.93. The van der Waals surface area contributed by atoms with Crippen molar-refractivity contribution in [1.82, 2.24) is 0 Å². The van der Waals surface area contributed by atoms with Gasteiger partial charge in [-0.05, 0) is 91.9 Å². The minimum absolute atomic E-state index is 0.0155. The normalized spacial score (nSPS) is 11.1. The first-order chi connectivity index (χ1) is 23.8. The van der Waals surface area contributed by atoms with Crippen LogP contribution in [0.25, 0.3) is 0 Å². The molecule has 2 N–H and O–H groups in total. The maximum atomic E-state index is 13.8. The number of halogens is 2. The van der Waals surface area contributed by atoms with Gasteiger partial charge >= 0.3 is 5.97 Å². The predicted molar refractivity (Wildman–Crippen MR) is 191 cm³/mol. The van der Waals surface area contributed by atoms with Crippen LogP contribution in [0.1, 0.15) is 42.9 Å². The number of hydrogen-bond donors (Lipinski definition) is 2. The van der Waals surface area contributed by atoms with E-state index in [1.807, 2.05) is 0 Å². The minimum atomic E-state index is -4.31. The Morgan fingerprint density at radius 2 is 1.52 bits per heavy atom. The third-order valence-corrected chi connectivity index (χ3v) is 10.6. The number of ether oxygens (including phenoxy) is 3. The molecule has 4 aromatic carbocycles. The zero-order chi connectivity index (χ0) is 36.2. The Bertz CT molecular complexity index is 2190. The number of hydrogen-bond acceptors (Lipinski definition) is 10. The van der Waals surface area contributed by atoms with Crippen molar-refractivity contribution in [2.75, 3.05) is 30.4 Å². The molecule has 1 heterocycles. The van der Waals surface area contributed by atoms with E-state index in [0.29, 0.717) is 29.2 Å². The molecule has 0 radical (unpaired) electrons.